The molecular weight excluding hydrogens is 222 g/mol. The van der Waals surface area contributed by atoms with Crippen LogP contribution in [0.1, 0.15) is 43.4 Å². The van der Waals surface area contributed by atoms with Crippen molar-refractivity contribution in [3.63, 3.8) is 0 Å². The van der Waals surface area contributed by atoms with E-state index in [0.29, 0.717) is 11.8 Å². The Kier molecular flexibility index (Phi) is 3.96. The molecule has 2 heteroatoms. The van der Waals surface area contributed by atoms with E-state index in [9.17, 15) is 5.11 Å². The van der Waals surface area contributed by atoms with E-state index in [1.54, 1.807) is 0 Å². The lowest BCUT2D eigenvalue weighted by Crippen LogP contribution is -2.39. The molecule has 0 aromatic heterocycles. The van der Waals surface area contributed by atoms with E-state index in [0.717, 1.165) is 23.6 Å². The van der Waals surface area contributed by atoms with Crippen molar-refractivity contribution in [2.75, 3.05) is 6.54 Å². The van der Waals surface area contributed by atoms with Crippen molar-refractivity contribution in [3.8, 4) is 5.75 Å². The molecule has 0 aliphatic carbocycles. The normalized spacial score (nSPS) is 25.3. The summed E-state index contributed by atoms with van der Waals surface area (Å²) >= 11 is 0. The molecule has 2 rings (SSSR count). The average molecular weight is 247 g/mol. The molecule has 1 fully saturated rings. The molecule has 2 unspecified atom stereocenters. The third-order valence-electron chi connectivity index (χ3n) is 4.21. The van der Waals surface area contributed by atoms with Crippen LogP contribution in [0.25, 0.3) is 0 Å². The highest BCUT2D eigenvalue weighted by atomic mass is 16.3. The fourth-order valence-electron chi connectivity index (χ4n) is 3.06. The predicted molar refractivity (Wildman–Crippen MR) is 75.9 cm³/mol. The molecule has 1 N–H and O–H groups in total. The third-order valence-corrected chi connectivity index (χ3v) is 4.21. The topological polar surface area (TPSA) is 23.5 Å². The van der Waals surface area contributed by atoms with Gasteiger partial charge in [0.2, 0.25) is 0 Å². The van der Waals surface area contributed by atoms with Gasteiger partial charge in [-0.3, -0.25) is 4.90 Å². The molecule has 0 spiro atoms. The first-order valence-electron chi connectivity index (χ1n) is 7.00. The maximum absolute atomic E-state index is 9.81. The number of likely N-dealkylation sites (tertiary alicyclic amines) is 1. The van der Waals surface area contributed by atoms with Crippen LogP contribution in [0.5, 0.6) is 5.75 Å². The Hall–Kier alpha value is -1.02. The van der Waals surface area contributed by atoms with Gasteiger partial charge >= 0.3 is 0 Å². The summed E-state index contributed by atoms with van der Waals surface area (Å²) in [4.78, 5) is 2.56. The Morgan fingerprint density at radius 1 is 1.22 bits per heavy atom. The molecule has 0 bridgehead atoms. The fraction of sp³-hybridized carbons (Fsp3) is 0.625. The molecule has 1 aromatic carbocycles. The second-order valence-electron chi connectivity index (χ2n) is 6.03. The lowest BCUT2D eigenvalue weighted by Gasteiger charge is -2.36. The lowest BCUT2D eigenvalue weighted by atomic mass is 9.93. The number of aryl methyl sites for hydroxylation is 2. The summed E-state index contributed by atoms with van der Waals surface area (Å²) in [5.74, 6) is 1.30. The van der Waals surface area contributed by atoms with Gasteiger partial charge in [-0.15, -0.1) is 0 Å². The quantitative estimate of drug-likeness (QED) is 0.862. The summed E-state index contributed by atoms with van der Waals surface area (Å²) in [6.07, 6.45) is 2.61. The maximum atomic E-state index is 9.81. The first kappa shape index (κ1) is 13.4. The van der Waals surface area contributed by atoms with Gasteiger partial charge in [0.1, 0.15) is 5.75 Å². The van der Waals surface area contributed by atoms with Crippen molar-refractivity contribution in [1.29, 1.82) is 0 Å². The van der Waals surface area contributed by atoms with Gasteiger partial charge in [0.25, 0.3) is 0 Å². The van der Waals surface area contributed by atoms with Crippen LogP contribution in [-0.2, 0) is 6.54 Å². The van der Waals surface area contributed by atoms with Crippen molar-refractivity contribution >= 4 is 0 Å². The fourth-order valence-corrected chi connectivity index (χ4v) is 3.06. The molecular formula is C16H25NO. The standard InChI is InChI=1S/C16H25NO/c1-11-5-6-17(14(4)7-11)10-15-8-12(2)16(18)13(3)9-15/h8-9,11,14,18H,5-7,10H2,1-4H3. The minimum absolute atomic E-state index is 0.444. The van der Waals surface area contributed by atoms with Crippen LogP contribution in [0, 0.1) is 19.8 Å². The van der Waals surface area contributed by atoms with Gasteiger partial charge < -0.3 is 5.11 Å². The first-order valence-corrected chi connectivity index (χ1v) is 7.00. The molecule has 0 radical (unpaired) electrons. The van der Waals surface area contributed by atoms with E-state index in [2.05, 4.69) is 30.9 Å². The molecule has 0 amide bonds. The van der Waals surface area contributed by atoms with Gasteiger partial charge in [-0.1, -0.05) is 19.1 Å². The number of hydrogen-bond donors (Lipinski definition) is 1. The summed E-state index contributed by atoms with van der Waals surface area (Å²) in [5, 5.41) is 9.81. The van der Waals surface area contributed by atoms with Gasteiger partial charge in [-0.05, 0) is 62.8 Å². The molecule has 0 saturated carbocycles. The highest BCUT2D eigenvalue weighted by Crippen LogP contribution is 2.27. The van der Waals surface area contributed by atoms with E-state index in [1.165, 1.54) is 24.9 Å². The van der Waals surface area contributed by atoms with Crippen molar-refractivity contribution < 1.29 is 5.11 Å². The van der Waals surface area contributed by atoms with E-state index in [-0.39, 0.29) is 0 Å². The summed E-state index contributed by atoms with van der Waals surface area (Å²) in [7, 11) is 0. The van der Waals surface area contributed by atoms with E-state index in [1.807, 2.05) is 13.8 Å². The Bertz CT molecular complexity index is 404. The maximum Gasteiger partial charge on any atom is 0.121 e. The number of benzene rings is 1. The van der Waals surface area contributed by atoms with Crippen LogP contribution < -0.4 is 0 Å². The zero-order valence-electron chi connectivity index (χ0n) is 12.0. The van der Waals surface area contributed by atoms with E-state index in [4.69, 9.17) is 0 Å². The van der Waals surface area contributed by atoms with Crippen LogP contribution in [-0.4, -0.2) is 22.6 Å². The van der Waals surface area contributed by atoms with Crippen molar-refractivity contribution in [2.24, 2.45) is 5.92 Å². The van der Waals surface area contributed by atoms with Gasteiger partial charge in [-0.25, -0.2) is 0 Å². The van der Waals surface area contributed by atoms with Gasteiger partial charge in [0.05, 0.1) is 0 Å². The van der Waals surface area contributed by atoms with E-state index >= 15 is 0 Å². The van der Waals surface area contributed by atoms with Crippen molar-refractivity contribution in [2.45, 2.75) is 53.1 Å². The van der Waals surface area contributed by atoms with Gasteiger partial charge in [0, 0.05) is 12.6 Å². The van der Waals surface area contributed by atoms with Crippen LogP contribution in [0.4, 0.5) is 0 Å². The van der Waals surface area contributed by atoms with Crippen LogP contribution >= 0.6 is 0 Å². The summed E-state index contributed by atoms with van der Waals surface area (Å²) in [6, 6.07) is 4.91. The van der Waals surface area contributed by atoms with Crippen molar-refractivity contribution in [3.05, 3.63) is 28.8 Å². The predicted octanol–water partition coefficient (Wildman–Crippen LogP) is 3.63. The second-order valence-corrected chi connectivity index (χ2v) is 6.03. The molecule has 2 nitrogen and oxygen atoms in total. The smallest absolute Gasteiger partial charge is 0.121 e. The Labute approximate surface area is 111 Å². The van der Waals surface area contributed by atoms with Crippen LogP contribution in [0.15, 0.2) is 12.1 Å². The molecule has 1 aromatic rings. The largest absolute Gasteiger partial charge is 0.507 e. The molecule has 1 heterocycles. The minimum Gasteiger partial charge on any atom is -0.507 e. The average Bonchev–Trinajstić information content (AvgIpc) is 2.29. The number of phenols is 1. The number of hydrogen-bond acceptors (Lipinski definition) is 2. The zero-order valence-corrected chi connectivity index (χ0v) is 12.0. The number of nitrogens with zero attached hydrogens (tertiary/aromatic N) is 1. The summed E-state index contributed by atoms with van der Waals surface area (Å²) < 4.78 is 0. The number of phenolic OH excluding ortho intramolecular Hbond substituents is 1. The SMILES string of the molecule is Cc1cc(CN2CCC(C)CC2C)cc(C)c1O. The van der Waals surface area contributed by atoms with Gasteiger partial charge in [-0.2, -0.15) is 0 Å². The summed E-state index contributed by atoms with van der Waals surface area (Å²) in [5.41, 5.74) is 3.30. The number of piperidine rings is 1. The van der Waals surface area contributed by atoms with E-state index < -0.39 is 0 Å². The molecule has 2 atom stereocenters. The molecule has 100 valence electrons. The highest BCUT2D eigenvalue weighted by Gasteiger charge is 2.22. The minimum atomic E-state index is 0.444. The third kappa shape index (κ3) is 2.86. The lowest BCUT2D eigenvalue weighted by molar-refractivity contribution is 0.122. The highest BCUT2D eigenvalue weighted by molar-refractivity contribution is 5.42. The Morgan fingerprint density at radius 2 is 1.83 bits per heavy atom. The Morgan fingerprint density at radius 3 is 2.39 bits per heavy atom. The molecule has 1 saturated heterocycles. The van der Waals surface area contributed by atoms with Crippen molar-refractivity contribution in [1.82, 2.24) is 4.90 Å². The number of aromatic hydroxyl groups is 1. The molecule has 1 aliphatic heterocycles. The first-order chi connectivity index (χ1) is 8.47. The number of rotatable bonds is 2. The van der Waals surface area contributed by atoms with Crippen LogP contribution in [0.2, 0.25) is 0 Å². The monoisotopic (exact) mass is 247 g/mol. The zero-order chi connectivity index (χ0) is 13.3. The van der Waals surface area contributed by atoms with Crippen LogP contribution in [0.3, 0.4) is 0 Å². The Balaban J connectivity index is 2.10. The molecule has 18 heavy (non-hydrogen) atoms. The van der Waals surface area contributed by atoms with Gasteiger partial charge in [0.15, 0.2) is 0 Å². The second kappa shape index (κ2) is 5.31. The molecule has 1 aliphatic rings. The summed E-state index contributed by atoms with van der Waals surface area (Å²) in [6.45, 7) is 10.8.